The van der Waals surface area contributed by atoms with Gasteiger partial charge in [0.2, 0.25) is 0 Å². The van der Waals surface area contributed by atoms with Crippen LogP contribution in [0.4, 0.5) is 4.39 Å². The second kappa shape index (κ2) is 10.7. The molecule has 136 valence electrons. The van der Waals surface area contributed by atoms with E-state index in [1.807, 2.05) is 19.9 Å². The zero-order chi connectivity index (χ0) is 16.7. The Hall–Kier alpha value is -1.09. The lowest BCUT2D eigenvalue weighted by Crippen LogP contribution is -2.46. The Morgan fingerprint density at radius 3 is 2.67 bits per heavy atom. The Labute approximate surface area is 160 Å². The molecule has 24 heavy (non-hydrogen) atoms. The minimum Gasteiger partial charge on any atom is -0.491 e. The molecule has 1 aromatic carbocycles. The van der Waals surface area contributed by atoms with E-state index >= 15 is 0 Å². The van der Waals surface area contributed by atoms with Gasteiger partial charge in [-0.15, -0.1) is 24.0 Å². The number of halogens is 2. The van der Waals surface area contributed by atoms with Gasteiger partial charge in [0.25, 0.3) is 0 Å². The topological polar surface area (TPSA) is 57.1 Å². The van der Waals surface area contributed by atoms with Crippen molar-refractivity contribution in [2.75, 3.05) is 26.2 Å². The van der Waals surface area contributed by atoms with Crippen molar-refractivity contribution in [1.82, 2.24) is 10.2 Å². The molecule has 0 aromatic heterocycles. The van der Waals surface area contributed by atoms with Gasteiger partial charge in [0.05, 0.1) is 19.3 Å². The van der Waals surface area contributed by atoms with Crippen molar-refractivity contribution in [3.8, 4) is 5.75 Å². The monoisotopic (exact) mass is 451 g/mol. The number of guanidine groups is 1. The maximum absolute atomic E-state index is 13.9. The van der Waals surface area contributed by atoms with Gasteiger partial charge in [-0.05, 0) is 44.4 Å². The Balaban J connectivity index is 0.00000288. The summed E-state index contributed by atoms with van der Waals surface area (Å²) >= 11 is 0. The first kappa shape index (κ1) is 21.0. The third-order valence-corrected chi connectivity index (χ3v) is 3.81. The highest BCUT2D eigenvalue weighted by atomic mass is 127. The van der Waals surface area contributed by atoms with Gasteiger partial charge in [-0.2, -0.15) is 0 Å². The SMILES string of the molecule is CCNC(=NCc1ccc(OCC)c(F)c1)N1CCC(O)CC1.I. The van der Waals surface area contributed by atoms with Gasteiger partial charge in [0, 0.05) is 19.6 Å². The van der Waals surface area contributed by atoms with Gasteiger partial charge in [0.15, 0.2) is 17.5 Å². The van der Waals surface area contributed by atoms with E-state index in [2.05, 4.69) is 15.2 Å². The molecule has 2 N–H and O–H groups in total. The van der Waals surface area contributed by atoms with Crippen molar-refractivity contribution in [1.29, 1.82) is 0 Å². The number of nitrogens with zero attached hydrogens (tertiary/aromatic N) is 2. The fourth-order valence-electron chi connectivity index (χ4n) is 2.58. The molecule has 7 heteroatoms. The molecule has 1 aliphatic rings. The average Bonchev–Trinajstić information content (AvgIpc) is 2.55. The molecule has 2 rings (SSSR count). The summed E-state index contributed by atoms with van der Waals surface area (Å²) in [4.78, 5) is 6.73. The summed E-state index contributed by atoms with van der Waals surface area (Å²) in [5.41, 5.74) is 0.804. The molecule has 0 saturated carbocycles. The van der Waals surface area contributed by atoms with Gasteiger partial charge in [-0.3, -0.25) is 0 Å². The van der Waals surface area contributed by atoms with Gasteiger partial charge >= 0.3 is 0 Å². The molecular weight excluding hydrogens is 424 g/mol. The smallest absolute Gasteiger partial charge is 0.194 e. The molecule has 0 spiro atoms. The molecule has 0 bridgehead atoms. The van der Waals surface area contributed by atoms with Crippen LogP contribution in [0.2, 0.25) is 0 Å². The summed E-state index contributed by atoms with van der Waals surface area (Å²) in [5, 5.41) is 12.9. The van der Waals surface area contributed by atoms with Crippen LogP contribution >= 0.6 is 24.0 Å². The summed E-state index contributed by atoms with van der Waals surface area (Å²) in [6.45, 7) is 7.04. The second-order valence-electron chi connectivity index (χ2n) is 5.59. The van der Waals surface area contributed by atoms with E-state index in [0.29, 0.717) is 13.2 Å². The van der Waals surface area contributed by atoms with Crippen LogP contribution in [0.25, 0.3) is 0 Å². The molecule has 0 unspecified atom stereocenters. The number of hydrogen-bond acceptors (Lipinski definition) is 3. The summed E-state index contributed by atoms with van der Waals surface area (Å²) in [7, 11) is 0. The number of rotatable bonds is 5. The molecular formula is C17H27FIN3O2. The van der Waals surface area contributed by atoms with Crippen LogP contribution in [0, 0.1) is 5.82 Å². The summed E-state index contributed by atoms with van der Waals surface area (Å²) in [6.07, 6.45) is 1.29. The third kappa shape index (κ3) is 6.08. The number of nitrogens with one attached hydrogen (secondary N) is 1. The minimum atomic E-state index is -0.356. The highest BCUT2D eigenvalue weighted by molar-refractivity contribution is 14.0. The van der Waals surface area contributed by atoms with E-state index < -0.39 is 0 Å². The number of aliphatic hydroxyl groups excluding tert-OH is 1. The molecule has 0 aliphatic carbocycles. The van der Waals surface area contributed by atoms with Gasteiger partial charge in [-0.25, -0.2) is 9.38 Å². The molecule has 1 heterocycles. The number of benzene rings is 1. The molecule has 0 radical (unpaired) electrons. The van der Waals surface area contributed by atoms with Crippen LogP contribution in [0.15, 0.2) is 23.2 Å². The number of likely N-dealkylation sites (tertiary alicyclic amines) is 1. The lowest BCUT2D eigenvalue weighted by atomic mass is 10.1. The van der Waals surface area contributed by atoms with Crippen molar-refractivity contribution >= 4 is 29.9 Å². The van der Waals surface area contributed by atoms with Crippen molar-refractivity contribution in [3.63, 3.8) is 0 Å². The average molecular weight is 451 g/mol. The Morgan fingerprint density at radius 2 is 2.08 bits per heavy atom. The van der Waals surface area contributed by atoms with E-state index in [4.69, 9.17) is 4.74 Å². The largest absolute Gasteiger partial charge is 0.491 e. The number of piperidine rings is 1. The summed E-state index contributed by atoms with van der Waals surface area (Å²) < 4.78 is 19.1. The quantitative estimate of drug-likeness (QED) is 0.411. The Kier molecular flexibility index (Phi) is 9.35. The zero-order valence-corrected chi connectivity index (χ0v) is 16.6. The van der Waals surface area contributed by atoms with Crippen LogP contribution < -0.4 is 10.1 Å². The minimum absolute atomic E-state index is 0. The number of aliphatic imine (C=N–C) groups is 1. The maximum Gasteiger partial charge on any atom is 0.194 e. The molecule has 5 nitrogen and oxygen atoms in total. The maximum atomic E-state index is 13.9. The first-order valence-electron chi connectivity index (χ1n) is 8.26. The molecule has 0 amide bonds. The Bertz CT molecular complexity index is 535. The third-order valence-electron chi connectivity index (χ3n) is 3.81. The lowest BCUT2D eigenvalue weighted by Gasteiger charge is -2.32. The van der Waals surface area contributed by atoms with Crippen molar-refractivity contribution in [2.45, 2.75) is 39.3 Å². The van der Waals surface area contributed by atoms with Crippen molar-refractivity contribution in [2.24, 2.45) is 4.99 Å². The van der Waals surface area contributed by atoms with Crippen LogP contribution in [-0.4, -0.2) is 48.3 Å². The highest BCUT2D eigenvalue weighted by Gasteiger charge is 2.19. The molecule has 1 fully saturated rings. The van der Waals surface area contributed by atoms with Crippen molar-refractivity contribution in [3.05, 3.63) is 29.6 Å². The van der Waals surface area contributed by atoms with E-state index in [1.165, 1.54) is 6.07 Å². The van der Waals surface area contributed by atoms with Crippen molar-refractivity contribution < 1.29 is 14.2 Å². The fraction of sp³-hybridized carbons (Fsp3) is 0.588. The summed E-state index contributed by atoms with van der Waals surface area (Å²) in [5.74, 6) is 0.733. The lowest BCUT2D eigenvalue weighted by molar-refractivity contribution is 0.108. The Morgan fingerprint density at radius 1 is 1.38 bits per heavy atom. The van der Waals surface area contributed by atoms with Gasteiger partial charge in [0.1, 0.15) is 0 Å². The highest BCUT2D eigenvalue weighted by Crippen LogP contribution is 2.19. The predicted octanol–water partition coefficient (Wildman–Crippen LogP) is 2.76. The van der Waals surface area contributed by atoms with E-state index in [9.17, 15) is 9.50 Å². The molecule has 0 atom stereocenters. The fourth-order valence-corrected chi connectivity index (χ4v) is 2.58. The zero-order valence-electron chi connectivity index (χ0n) is 14.3. The van der Waals surface area contributed by atoms with E-state index in [1.54, 1.807) is 6.07 Å². The normalized spacial score (nSPS) is 15.8. The van der Waals surface area contributed by atoms with Crippen LogP contribution in [0.1, 0.15) is 32.3 Å². The summed E-state index contributed by atoms with van der Waals surface area (Å²) in [6, 6.07) is 4.95. The predicted molar refractivity (Wildman–Crippen MR) is 105 cm³/mol. The van der Waals surface area contributed by atoms with E-state index in [-0.39, 0.29) is 41.6 Å². The number of hydrogen-bond donors (Lipinski definition) is 2. The van der Waals surface area contributed by atoms with Crippen LogP contribution in [0.5, 0.6) is 5.75 Å². The van der Waals surface area contributed by atoms with Crippen LogP contribution in [0.3, 0.4) is 0 Å². The molecule has 1 aromatic rings. The van der Waals surface area contributed by atoms with Gasteiger partial charge < -0.3 is 20.1 Å². The second-order valence-corrected chi connectivity index (χ2v) is 5.59. The first-order chi connectivity index (χ1) is 11.1. The first-order valence-corrected chi connectivity index (χ1v) is 8.26. The standard InChI is InChI=1S/C17H26FN3O2.HI/c1-3-19-17(21-9-7-14(22)8-10-21)20-12-13-5-6-16(23-4-2)15(18)11-13;/h5-6,11,14,22H,3-4,7-10,12H2,1-2H3,(H,19,20);1H. The molecule has 1 saturated heterocycles. The van der Waals surface area contributed by atoms with Gasteiger partial charge in [-0.1, -0.05) is 6.07 Å². The molecule has 1 aliphatic heterocycles. The number of ether oxygens (including phenoxy) is 1. The van der Waals surface area contributed by atoms with E-state index in [0.717, 1.165) is 44.0 Å². The number of aliphatic hydroxyl groups is 1. The van der Waals surface area contributed by atoms with Crippen LogP contribution in [-0.2, 0) is 6.54 Å².